The van der Waals surface area contributed by atoms with Crippen LogP contribution in [-0.4, -0.2) is 105 Å². The van der Waals surface area contributed by atoms with Crippen molar-refractivity contribution in [2.24, 2.45) is 5.92 Å². The van der Waals surface area contributed by atoms with Gasteiger partial charge in [-0.3, -0.25) is 19.2 Å². The van der Waals surface area contributed by atoms with Crippen molar-refractivity contribution in [2.75, 3.05) is 60.6 Å². The van der Waals surface area contributed by atoms with Crippen LogP contribution in [0.1, 0.15) is 35.6 Å². The second kappa shape index (κ2) is 14.6. The summed E-state index contributed by atoms with van der Waals surface area (Å²) < 4.78 is 7.07. The van der Waals surface area contributed by atoms with Gasteiger partial charge in [0.05, 0.1) is 50.5 Å². The first kappa shape index (κ1) is 37.5. The fourth-order valence-electron chi connectivity index (χ4n) is 9.69. The Labute approximate surface area is 322 Å². The summed E-state index contributed by atoms with van der Waals surface area (Å²) in [5.74, 6) is -1.11. The van der Waals surface area contributed by atoms with E-state index in [1.807, 2.05) is 86.7 Å². The minimum absolute atomic E-state index is 0.0189. The van der Waals surface area contributed by atoms with Crippen LogP contribution in [0.2, 0.25) is 18.6 Å². The normalized spacial score (nSPS) is 26.9. The van der Waals surface area contributed by atoms with Crippen LogP contribution in [-0.2, 0) is 49.0 Å². The van der Waals surface area contributed by atoms with Crippen LogP contribution in [0.5, 0.6) is 0 Å². The molecule has 3 aromatic rings. The van der Waals surface area contributed by atoms with Crippen molar-refractivity contribution in [1.29, 1.82) is 0 Å². The molecule has 3 aromatic carbocycles. The highest BCUT2D eigenvalue weighted by Gasteiger charge is 2.66. The number of aliphatic hydroxyl groups is 1. The minimum atomic E-state index is -3.11. The molecule has 0 aromatic heterocycles. The number of amides is 4. The molecule has 8 rings (SSSR count). The van der Waals surface area contributed by atoms with Gasteiger partial charge in [0.2, 0.25) is 17.7 Å². The zero-order valence-corrected chi connectivity index (χ0v) is 32.7. The minimum Gasteiger partial charge on any atom is -0.432 e. The molecule has 0 radical (unpaired) electrons. The highest BCUT2D eigenvalue weighted by Crippen LogP contribution is 2.60. The van der Waals surface area contributed by atoms with Gasteiger partial charge in [-0.05, 0) is 66.5 Å². The van der Waals surface area contributed by atoms with Gasteiger partial charge in [-0.2, -0.15) is 0 Å². The number of rotatable bonds is 8. The summed E-state index contributed by atoms with van der Waals surface area (Å²) in [6.07, 6.45) is -0.313. The van der Waals surface area contributed by atoms with Crippen LogP contribution in [0, 0.1) is 5.92 Å². The van der Waals surface area contributed by atoms with Crippen LogP contribution in [0.15, 0.2) is 66.7 Å². The number of anilines is 3. The molecule has 0 bridgehead atoms. The number of ether oxygens (including phenoxy) is 1. The van der Waals surface area contributed by atoms with E-state index in [2.05, 4.69) is 10.6 Å². The van der Waals surface area contributed by atoms with Crippen LogP contribution in [0.3, 0.4) is 0 Å². The number of hydrogen-bond acceptors (Lipinski definition) is 9. The molecule has 5 aliphatic rings. The van der Waals surface area contributed by atoms with Crippen molar-refractivity contribution in [3.8, 4) is 0 Å². The highest BCUT2D eigenvalue weighted by atomic mass is 28.4. The van der Waals surface area contributed by atoms with Gasteiger partial charge in [-0.15, -0.1) is 0 Å². The second-order valence-corrected chi connectivity index (χ2v) is 20.1. The fraction of sp³-hybridized carbons (Fsp3) is 0.463. The van der Waals surface area contributed by atoms with Crippen LogP contribution < -0.4 is 25.3 Å². The van der Waals surface area contributed by atoms with Gasteiger partial charge < -0.3 is 44.9 Å². The molecule has 5 aliphatic heterocycles. The van der Waals surface area contributed by atoms with Gasteiger partial charge in [-0.25, -0.2) is 0 Å². The predicted octanol–water partition coefficient (Wildman–Crippen LogP) is 2.24. The standard InChI is InChI=1S/C41H50N6O7Si/c1-26-39(55(2,3)53)35(20-36(49)46-24-29-9-5-4-8-28(29)18-32(46)25-48)54-41(26)33-19-31(45-16-14-43-22-38(45)51)11-12-34(33)47(40(41)52)23-27-7-6-10-30(17-27)44-15-13-42-21-37(44)50/h4-12,17,19,26,32,35,39,42-43,48,53H,13-16,18,20-25H2,1-3H3/t26-,32-,35+,39-,41+/m0/s1. The molecule has 14 heteroatoms. The molecule has 5 heterocycles. The van der Waals surface area contributed by atoms with E-state index >= 15 is 4.79 Å². The number of piperazine rings is 2. The van der Waals surface area contributed by atoms with E-state index in [-0.39, 0.29) is 56.3 Å². The molecule has 4 amide bonds. The highest BCUT2D eigenvalue weighted by molar-refractivity contribution is 6.71. The van der Waals surface area contributed by atoms with Gasteiger partial charge in [0.1, 0.15) is 0 Å². The van der Waals surface area contributed by atoms with Crippen molar-refractivity contribution in [2.45, 2.75) is 69.2 Å². The number of nitrogens with zero attached hydrogens (tertiary/aromatic N) is 4. The monoisotopic (exact) mass is 766 g/mol. The number of carbonyl (C=O) groups is 4. The van der Waals surface area contributed by atoms with Gasteiger partial charge in [0.15, 0.2) is 13.9 Å². The lowest BCUT2D eigenvalue weighted by Gasteiger charge is -2.37. The molecule has 5 atom stereocenters. The third-order valence-corrected chi connectivity index (χ3v) is 14.8. The third kappa shape index (κ3) is 6.58. The molecule has 290 valence electrons. The smallest absolute Gasteiger partial charge is 0.264 e. The van der Waals surface area contributed by atoms with Gasteiger partial charge in [-0.1, -0.05) is 43.3 Å². The summed E-state index contributed by atoms with van der Waals surface area (Å²) in [5, 5.41) is 16.6. The topological polar surface area (TPSA) is 155 Å². The summed E-state index contributed by atoms with van der Waals surface area (Å²) in [5.41, 5.74) is 3.60. The maximum Gasteiger partial charge on any atom is 0.264 e. The maximum atomic E-state index is 15.3. The lowest BCUT2D eigenvalue weighted by molar-refractivity contribution is -0.151. The summed E-state index contributed by atoms with van der Waals surface area (Å²) in [4.78, 5) is 74.3. The Kier molecular flexibility index (Phi) is 9.93. The third-order valence-electron chi connectivity index (χ3n) is 12.3. The average Bonchev–Trinajstić information content (AvgIpc) is 3.60. The maximum absolute atomic E-state index is 15.3. The van der Waals surface area contributed by atoms with E-state index in [0.717, 1.165) is 22.4 Å². The van der Waals surface area contributed by atoms with E-state index < -0.39 is 37.5 Å². The Bertz CT molecular complexity index is 2020. The van der Waals surface area contributed by atoms with E-state index in [1.165, 1.54) is 0 Å². The van der Waals surface area contributed by atoms with Crippen molar-refractivity contribution in [3.63, 3.8) is 0 Å². The SMILES string of the molecule is C[C@H]1[C@H]([Si](C)(C)O)[C@@H](CC(=O)N2Cc3ccccc3C[C@H]2CO)O[C@]12C(=O)N(Cc1cccc(N3CCNCC3=O)c1)c1ccc(N3CCNCC3=O)cc12. The number of benzene rings is 3. The molecule has 13 nitrogen and oxygen atoms in total. The van der Waals surface area contributed by atoms with E-state index in [4.69, 9.17) is 4.74 Å². The predicted molar refractivity (Wildman–Crippen MR) is 210 cm³/mol. The zero-order valence-electron chi connectivity index (χ0n) is 31.7. The number of fused-ring (bicyclic) bond motifs is 3. The molecule has 0 unspecified atom stereocenters. The molecular formula is C41H50N6O7Si. The number of carbonyl (C=O) groups excluding carboxylic acids is 4. The molecule has 3 saturated heterocycles. The number of hydrogen-bond donors (Lipinski definition) is 4. The molecule has 0 aliphatic carbocycles. The summed E-state index contributed by atoms with van der Waals surface area (Å²) in [6, 6.07) is 20.8. The first-order valence-electron chi connectivity index (χ1n) is 19.4. The van der Waals surface area contributed by atoms with Crippen LogP contribution in [0.25, 0.3) is 0 Å². The van der Waals surface area contributed by atoms with Gasteiger partial charge in [0.25, 0.3) is 5.91 Å². The Balaban J connectivity index is 1.17. The number of nitrogens with one attached hydrogen (secondary N) is 2. The number of aliphatic hydroxyl groups excluding tert-OH is 1. The van der Waals surface area contributed by atoms with Crippen molar-refractivity contribution in [1.82, 2.24) is 15.5 Å². The fourth-order valence-corrected chi connectivity index (χ4v) is 12.2. The van der Waals surface area contributed by atoms with Gasteiger partial charge >= 0.3 is 0 Å². The quantitative estimate of drug-likeness (QED) is 0.253. The summed E-state index contributed by atoms with van der Waals surface area (Å²) >= 11 is 0. The Morgan fingerprint density at radius 3 is 2.24 bits per heavy atom. The van der Waals surface area contributed by atoms with Crippen LogP contribution >= 0.6 is 0 Å². The Hall–Kier alpha value is -4.44. The van der Waals surface area contributed by atoms with E-state index in [9.17, 15) is 24.3 Å². The molecule has 4 N–H and O–H groups in total. The molecule has 55 heavy (non-hydrogen) atoms. The second-order valence-electron chi connectivity index (χ2n) is 16.1. The van der Waals surface area contributed by atoms with Gasteiger partial charge in [0, 0.05) is 61.1 Å². The lowest BCUT2D eigenvalue weighted by Crippen LogP contribution is -2.48. The van der Waals surface area contributed by atoms with Crippen molar-refractivity contribution in [3.05, 3.63) is 89.0 Å². The van der Waals surface area contributed by atoms with E-state index in [0.29, 0.717) is 56.1 Å². The average molecular weight is 767 g/mol. The molecule has 3 fully saturated rings. The van der Waals surface area contributed by atoms with Crippen molar-refractivity contribution < 1.29 is 33.8 Å². The lowest BCUT2D eigenvalue weighted by atomic mass is 9.82. The van der Waals surface area contributed by atoms with E-state index in [1.54, 1.807) is 19.6 Å². The largest absolute Gasteiger partial charge is 0.432 e. The molecular weight excluding hydrogens is 717 g/mol. The Morgan fingerprint density at radius 1 is 0.909 bits per heavy atom. The summed E-state index contributed by atoms with van der Waals surface area (Å²) in [7, 11) is -3.11. The first-order chi connectivity index (χ1) is 26.4. The zero-order chi connectivity index (χ0) is 38.6. The molecule has 0 saturated carbocycles. The first-order valence-corrected chi connectivity index (χ1v) is 22.4. The molecule has 1 spiro atoms. The Morgan fingerprint density at radius 2 is 1.58 bits per heavy atom. The summed E-state index contributed by atoms with van der Waals surface area (Å²) in [6.45, 7) is 8.77. The van der Waals surface area contributed by atoms with Crippen molar-refractivity contribution >= 4 is 49.0 Å². The van der Waals surface area contributed by atoms with Crippen LogP contribution in [0.4, 0.5) is 17.1 Å².